The summed E-state index contributed by atoms with van der Waals surface area (Å²) >= 11 is 7.72. The van der Waals surface area contributed by atoms with Crippen LogP contribution >= 0.6 is 22.9 Å². The Balaban J connectivity index is 1.77. The molecule has 1 amide bonds. The number of fused-ring (bicyclic) bond motifs is 1. The van der Waals surface area contributed by atoms with E-state index in [0.717, 1.165) is 21.5 Å². The monoisotopic (exact) mass is 419 g/mol. The maximum atomic E-state index is 11.7. The maximum Gasteiger partial charge on any atom is 0.495 e. The highest BCUT2D eigenvalue weighted by atomic mass is 35.5. The highest BCUT2D eigenvalue weighted by Gasteiger charge is 2.52. The fraction of sp³-hybridized carbons (Fsp3) is 0.450. The topological polar surface area (TPSA) is 59.0 Å². The molecule has 2 aromatic rings. The summed E-state index contributed by atoms with van der Waals surface area (Å²) in [5.41, 5.74) is 2.16. The number of amides is 1. The van der Waals surface area contributed by atoms with E-state index >= 15 is 0 Å². The summed E-state index contributed by atoms with van der Waals surface area (Å²) in [6, 6.07) is 9.93. The first-order valence-corrected chi connectivity index (χ1v) is 10.5. The fourth-order valence-corrected chi connectivity index (χ4v) is 5.17. The number of thiophene rings is 1. The second-order valence-electron chi connectivity index (χ2n) is 8.36. The Hall–Kier alpha value is -1.54. The number of carbonyl (C=O) groups is 1. The van der Waals surface area contributed by atoms with E-state index in [0.29, 0.717) is 17.4 Å². The molecule has 2 aliphatic rings. The van der Waals surface area contributed by atoms with Crippen LogP contribution in [0.15, 0.2) is 30.3 Å². The van der Waals surface area contributed by atoms with Gasteiger partial charge in [-0.25, -0.2) is 4.79 Å². The number of hydrogen-bond acceptors (Lipinski definition) is 4. The number of benzene rings is 1. The second kappa shape index (κ2) is 6.77. The molecule has 0 radical (unpaired) electrons. The van der Waals surface area contributed by atoms with Crippen LogP contribution in [0, 0.1) is 0 Å². The Labute approximate surface area is 174 Å². The molecule has 8 heteroatoms. The molecule has 0 saturated carbocycles. The van der Waals surface area contributed by atoms with Crippen molar-refractivity contribution in [1.82, 2.24) is 4.90 Å². The highest BCUT2D eigenvalue weighted by molar-refractivity contribution is 7.16. The minimum absolute atomic E-state index is 0.112. The molecule has 2 aliphatic heterocycles. The van der Waals surface area contributed by atoms with E-state index in [-0.39, 0.29) is 5.92 Å². The van der Waals surface area contributed by atoms with Crippen molar-refractivity contribution >= 4 is 41.6 Å². The van der Waals surface area contributed by atoms with Crippen molar-refractivity contribution in [3.8, 4) is 0 Å². The Kier molecular flexibility index (Phi) is 4.78. The molecule has 1 N–H and O–H groups in total. The Morgan fingerprint density at radius 3 is 2.50 bits per heavy atom. The van der Waals surface area contributed by atoms with Gasteiger partial charge in [-0.2, -0.15) is 0 Å². The molecule has 0 aliphatic carbocycles. The zero-order chi connectivity index (χ0) is 20.3. The molecule has 1 unspecified atom stereocenters. The van der Waals surface area contributed by atoms with E-state index in [4.69, 9.17) is 20.9 Å². The van der Waals surface area contributed by atoms with Crippen molar-refractivity contribution in [3.05, 3.63) is 50.7 Å². The van der Waals surface area contributed by atoms with Gasteiger partial charge in [0.1, 0.15) is 0 Å². The van der Waals surface area contributed by atoms with Crippen LogP contribution in [-0.2, 0) is 15.9 Å². The summed E-state index contributed by atoms with van der Waals surface area (Å²) in [6.07, 6.45) is -0.923. The van der Waals surface area contributed by atoms with Gasteiger partial charge in [-0.1, -0.05) is 35.9 Å². The van der Waals surface area contributed by atoms with Gasteiger partial charge >= 0.3 is 13.2 Å². The fourth-order valence-electron chi connectivity index (χ4n) is 3.81. The maximum absolute atomic E-state index is 11.7. The molecule has 3 heterocycles. The minimum Gasteiger partial charge on any atom is -0.465 e. The van der Waals surface area contributed by atoms with Crippen molar-refractivity contribution in [1.29, 1.82) is 0 Å². The van der Waals surface area contributed by atoms with Crippen molar-refractivity contribution < 1.29 is 19.2 Å². The van der Waals surface area contributed by atoms with Crippen LogP contribution in [0.1, 0.15) is 49.6 Å². The Morgan fingerprint density at radius 1 is 1.21 bits per heavy atom. The quantitative estimate of drug-likeness (QED) is 0.736. The molecular formula is C20H23BClNO4S. The predicted octanol–water partition coefficient (Wildman–Crippen LogP) is 4.33. The molecule has 1 fully saturated rings. The second-order valence-corrected chi connectivity index (χ2v) is 10.1. The standard InChI is InChI=1S/C20H23BClNO4S/c1-19(2)20(3,4)27-21(26-19)15-8-6-5-7-12(15)14-10-23(18(24)25)11-16-13(14)9-17(22)28-16/h5-9,14H,10-11H2,1-4H3,(H,24,25). The van der Waals surface area contributed by atoms with Gasteiger partial charge in [0.15, 0.2) is 0 Å². The minimum atomic E-state index is -0.923. The van der Waals surface area contributed by atoms with Gasteiger partial charge in [-0.3, -0.25) is 0 Å². The predicted molar refractivity (Wildman–Crippen MR) is 112 cm³/mol. The lowest BCUT2D eigenvalue weighted by Gasteiger charge is -2.32. The third-order valence-electron chi connectivity index (χ3n) is 6.07. The van der Waals surface area contributed by atoms with E-state index in [1.54, 1.807) is 0 Å². The van der Waals surface area contributed by atoms with Crippen molar-refractivity contribution in [3.63, 3.8) is 0 Å². The van der Waals surface area contributed by atoms with E-state index in [9.17, 15) is 9.90 Å². The highest BCUT2D eigenvalue weighted by Crippen LogP contribution is 2.41. The van der Waals surface area contributed by atoms with Crippen LogP contribution in [0.3, 0.4) is 0 Å². The molecule has 5 nitrogen and oxygen atoms in total. The average molecular weight is 420 g/mol. The summed E-state index contributed by atoms with van der Waals surface area (Å²) < 4.78 is 13.2. The third-order valence-corrected chi connectivity index (χ3v) is 7.34. The van der Waals surface area contributed by atoms with Gasteiger partial charge in [0, 0.05) is 17.3 Å². The summed E-state index contributed by atoms with van der Waals surface area (Å²) in [5.74, 6) is -0.112. The first kappa shape index (κ1) is 19.8. The molecule has 0 spiro atoms. The molecule has 1 aromatic heterocycles. The molecule has 1 saturated heterocycles. The zero-order valence-corrected chi connectivity index (χ0v) is 17.9. The summed E-state index contributed by atoms with van der Waals surface area (Å²) in [7, 11) is -0.501. The molecule has 0 bridgehead atoms. The van der Waals surface area contributed by atoms with Gasteiger partial charge in [-0.05, 0) is 50.4 Å². The Morgan fingerprint density at radius 2 is 1.86 bits per heavy atom. The van der Waals surface area contributed by atoms with Crippen LogP contribution in [-0.4, -0.2) is 41.0 Å². The first-order valence-electron chi connectivity index (χ1n) is 9.29. The zero-order valence-electron chi connectivity index (χ0n) is 16.4. The lowest BCUT2D eigenvalue weighted by molar-refractivity contribution is 0.00578. The smallest absolute Gasteiger partial charge is 0.465 e. The molecular weight excluding hydrogens is 397 g/mol. The van der Waals surface area contributed by atoms with Crippen LogP contribution < -0.4 is 5.46 Å². The van der Waals surface area contributed by atoms with Crippen LogP contribution in [0.25, 0.3) is 0 Å². The molecule has 28 heavy (non-hydrogen) atoms. The number of halogens is 1. The van der Waals surface area contributed by atoms with Crippen molar-refractivity contribution in [2.75, 3.05) is 6.54 Å². The first-order chi connectivity index (χ1) is 13.1. The molecule has 1 atom stereocenters. The third kappa shape index (κ3) is 3.24. The Bertz CT molecular complexity index is 913. The summed E-state index contributed by atoms with van der Waals surface area (Å²) in [4.78, 5) is 14.1. The van der Waals surface area contributed by atoms with Gasteiger partial charge in [0.25, 0.3) is 0 Å². The summed E-state index contributed by atoms with van der Waals surface area (Å²) in [6.45, 7) is 8.86. The SMILES string of the molecule is CC1(C)OB(c2ccccc2C2CN(C(=O)O)Cc3sc(Cl)cc32)OC1(C)C. The van der Waals surface area contributed by atoms with Gasteiger partial charge in [-0.15, -0.1) is 11.3 Å². The number of hydrogen-bond donors (Lipinski definition) is 1. The summed E-state index contributed by atoms with van der Waals surface area (Å²) in [5, 5.41) is 9.60. The number of rotatable bonds is 2. The van der Waals surface area contributed by atoms with E-state index in [1.165, 1.54) is 16.2 Å². The van der Waals surface area contributed by atoms with Gasteiger partial charge < -0.3 is 19.3 Å². The van der Waals surface area contributed by atoms with Crippen LogP contribution in [0.2, 0.25) is 4.34 Å². The number of nitrogens with zero attached hydrogens (tertiary/aromatic N) is 1. The van der Waals surface area contributed by atoms with Gasteiger partial charge in [0.05, 0.1) is 22.1 Å². The van der Waals surface area contributed by atoms with Crippen molar-refractivity contribution in [2.24, 2.45) is 0 Å². The number of carboxylic acid groups (broad SMARTS) is 1. The molecule has 4 rings (SSSR count). The molecule has 148 valence electrons. The van der Waals surface area contributed by atoms with Crippen molar-refractivity contribution in [2.45, 2.75) is 51.4 Å². The lowest BCUT2D eigenvalue weighted by atomic mass is 9.71. The van der Waals surface area contributed by atoms with E-state index in [1.807, 2.05) is 58.0 Å². The van der Waals surface area contributed by atoms with E-state index in [2.05, 4.69) is 0 Å². The van der Waals surface area contributed by atoms with Gasteiger partial charge in [0.2, 0.25) is 0 Å². The lowest BCUT2D eigenvalue weighted by Crippen LogP contribution is -2.42. The van der Waals surface area contributed by atoms with Crippen LogP contribution in [0.4, 0.5) is 4.79 Å². The molecule has 1 aromatic carbocycles. The average Bonchev–Trinajstić information content (AvgIpc) is 3.09. The normalized spacial score (nSPS) is 23.0. The largest absolute Gasteiger partial charge is 0.495 e. The van der Waals surface area contributed by atoms with Crippen LogP contribution in [0.5, 0.6) is 0 Å². The van der Waals surface area contributed by atoms with E-state index < -0.39 is 24.4 Å².